The van der Waals surface area contributed by atoms with Crippen molar-refractivity contribution in [1.29, 1.82) is 0 Å². The number of imidazole rings is 1. The average molecular weight is 378 g/mol. The molecule has 2 N–H and O–H groups in total. The Morgan fingerprint density at radius 2 is 1.96 bits per heavy atom. The topological polar surface area (TPSA) is 90.4 Å². The second-order valence-electron chi connectivity index (χ2n) is 6.90. The highest BCUT2D eigenvalue weighted by Gasteiger charge is 2.30. The van der Waals surface area contributed by atoms with Gasteiger partial charge in [0.2, 0.25) is 0 Å². The summed E-state index contributed by atoms with van der Waals surface area (Å²) in [5.74, 6) is 1.41. The van der Waals surface area contributed by atoms with Crippen LogP contribution in [0.4, 0.5) is 0 Å². The summed E-state index contributed by atoms with van der Waals surface area (Å²) in [4.78, 5) is 13.8. The number of aromatic nitrogens is 2. The molecule has 0 aliphatic rings. The van der Waals surface area contributed by atoms with Crippen molar-refractivity contribution < 1.29 is 8.42 Å². The number of aromatic amines is 1. The third kappa shape index (κ3) is 4.85. The summed E-state index contributed by atoms with van der Waals surface area (Å²) >= 11 is 0. The first-order valence-electron chi connectivity index (χ1n) is 8.35. The van der Waals surface area contributed by atoms with Gasteiger partial charge in [-0.1, -0.05) is 30.3 Å². The van der Waals surface area contributed by atoms with E-state index >= 15 is 0 Å². The van der Waals surface area contributed by atoms with Crippen molar-refractivity contribution in [2.75, 3.05) is 26.9 Å². The molecule has 0 aliphatic heterocycles. The fourth-order valence-corrected chi connectivity index (χ4v) is 2.65. The summed E-state index contributed by atoms with van der Waals surface area (Å²) in [6.07, 6.45) is 3.05. The molecule has 2 aromatic rings. The number of rotatable bonds is 6. The highest BCUT2D eigenvalue weighted by atomic mass is 32.2. The van der Waals surface area contributed by atoms with Gasteiger partial charge in [0.1, 0.15) is 5.82 Å². The van der Waals surface area contributed by atoms with Crippen LogP contribution in [0.5, 0.6) is 0 Å². The van der Waals surface area contributed by atoms with Crippen molar-refractivity contribution in [3.8, 4) is 11.3 Å². The monoisotopic (exact) mass is 377 g/mol. The molecule has 1 aromatic carbocycles. The third-order valence-electron chi connectivity index (χ3n) is 4.35. The summed E-state index contributed by atoms with van der Waals surface area (Å²) in [5.41, 5.74) is 2.03. The third-order valence-corrected chi connectivity index (χ3v) is 6.50. The van der Waals surface area contributed by atoms with Gasteiger partial charge >= 0.3 is 0 Å². The molecule has 0 atom stereocenters. The molecule has 0 amide bonds. The Morgan fingerprint density at radius 1 is 1.31 bits per heavy atom. The molecule has 0 saturated heterocycles. The van der Waals surface area contributed by atoms with Gasteiger partial charge in [0.25, 0.3) is 0 Å². The number of nitrogens with zero attached hydrogens (tertiary/aromatic N) is 3. The van der Waals surface area contributed by atoms with Gasteiger partial charge in [0, 0.05) is 26.9 Å². The second kappa shape index (κ2) is 7.90. The number of H-pyrrole nitrogens is 1. The minimum atomic E-state index is -3.17. The summed E-state index contributed by atoms with van der Waals surface area (Å²) in [6, 6.07) is 9.99. The van der Waals surface area contributed by atoms with Crippen molar-refractivity contribution in [2.45, 2.75) is 25.1 Å². The van der Waals surface area contributed by atoms with E-state index in [0.29, 0.717) is 12.5 Å². The molecule has 0 spiro atoms. The summed E-state index contributed by atoms with van der Waals surface area (Å²) in [5, 5.41) is 3.13. The lowest BCUT2D eigenvalue weighted by Gasteiger charge is -2.27. The maximum atomic E-state index is 11.8. The minimum absolute atomic E-state index is 0.274. The number of hydrogen-bond acceptors (Lipinski definition) is 4. The SMILES string of the molecule is CN=C(NCC(C)(C)S(C)(=O)=O)N(C)Cc1ncc(-c2ccccc2)[nH]1. The van der Waals surface area contributed by atoms with Crippen molar-refractivity contribution in [3.63, 3.8) is 0 Å². The molecule has 7 nitrogen and oxygen atoms in total. The fourth-order valence-electron chi connectivity index (χ4n) is 2.31. The summed E-state index contributed by atoms with van der Waals surface area (Å²) in [6.45, 7) is 4.19. The largest absolute Gasteiger partial charge is 0.355 e. The number of hydrogen-bond donors (Lipinski definition) is 2. The predicted octanol–water partition coefficient (Wildman–Crippen LogP) is 1.91. The predicted molar refractivity (Wildman–Crippen MR) is 106 cm³/mol. The van der Waals surface area contributed by atoms with Gasteiger partial charge < -0.3 is 15.2 Å². The molecule has 8 heteroatoms. The van der Waals surface area contributed by atoms with Crippen LogP contribution in [0.15, 0.2) is 41.5 Å². The zero-order valence-electron chi connectivity index (χ0n) is 15.9. The average Bonchev–Trinajstić information content (AvgIpc) is 3.03. The van der Waals surface area contributed by atoms with Gasteiger partial charge in [-0.05, 0) is 19.4 Å². The molecule has 0 fully saturated rings. The Morgan fingerprint density at radius 3 is 2.54 bits per heavy atom. The van der Waals surface area contributed by atoms with E-state index in [4.69, 9.17) is 0 Å². The summed E-state index contributed by atoms with van der Waals surface area (Å²) in [7, 11) is 0.380. The van der Waals surface area contributed by atoms with Crippen LogP contribution in [0, 0.1) is 0 Å². The molecule has 0 bridgehead atoms. The summed E-state index contributed by atoms with van der Waals surface area (Å²) < 4.78 is 22.8. The first kappa shape index (κ1) is 20.0. The van der Waals surface area contributed by atoms with E-state index < -0.39 is 14.6 Å². The van der Waals surface area contributed by atoms with Crippen LogP contribution < -0.4 is 5.32 Å². The maximum Gasteiger partial charge on any atom is 0.193 e. The molecule has 26 heavy (non-hydrogen) atoms. The van der Waals surface area contributed by atoms with E-state index in [1.54, 1.807) is 20.9 Å². The van der Waals surface area contributed by atoms with Gasteiger partial charge in [-0.15, -0.1) is 0 Å². The standard InChI is InChI=1S/C18H27N5O2S/c1-18(2,26(5,24)25)13-21-17(19-3)23(4)12-16-20-11-15(22-16)14-9-7-6-8-10-14/h6-11H,12-13H2,1-5H3,(H,19,21)(H,20,22). The lowest BCUT2D eigenvalue weighted by molar-refractivity contribution is 0.456. The van der Waals surface area contributed by atoms with Gasteiger partial charge in [-0.25, -0.2) is 13.4 Å². The second-order valence-corrected chi connectivity index (χ2v) is 9.55. The lowest BCUT2D eigenvalue weighted by Crippen LogP contribution is -2.48. The normalized spacial score (nSPS) is 12.9. The van der Waals surface area contributed by atoms with Crippen LogP contribution in [0.25, 0.3) is 11.3 Å². The van der Waals surface area contributed by atoms with Gasteiger partial charge in [0.15, 0.2) is 15.8 Å². The number of sulfone groups is 1. The number of nitrogens with one attached hydrogen (secondary N) is 2. The molecule has 0 saturated carbocycles. The molecule has 1 aromatic heterocycles. The molecule has 1 heterocycles. The van der Waals surface area contributed by atoms with Crippen LogP contribution in [0.1, 0.15) is 19.7 Å². The van der Waals surface area contributed by atoms with Crippen LogP contribution in [-0.2, 0) is 16.4 Å². The van der Waals surface area contributed by atoms with Crippen molar-refractivity contribution in [1.82, 2.24) is 20.2 Å². The van der Waals surface area contributed by atoms with E-state index in [0.717, 1.165) is 17.1 Å². The number of aliphatic imine (C=N–C) groups is 1. The van der Waals surface area contributed by atoms with E-state index in [2.05, 4.69) is 20.3 Å². The molecule has 0 unspecified atom stereocenters. The van der Waals surface area contributed by atoms with Crippen molar-refractivity contribution in [3.05, 3.63) is 42.4 Å². The molecule has 142 valence electrons. The van der Waals surface area contributed by atoms with E-state index in [1.165, 1.54) is 6.26 Å². The Bertz CT molecular complexity index is 857. The first-order valence-corrected chi connectivity index (χ1v) is 10.2. The number of guanidine groups is 1. The lowest BCUT2D eigenvalue weighted by atomic mass is 10.2. The molecular formula is C18H27N5O2S. The maximum absolute atomic E-state index is 11.8. The fraction of sp³-hybridized carbons (Fsp3) is 0.444. The van der Waals surface area contributed by atoms with Crippen molar-refractivity contribution in [2.24, 2.45) is 4.99 Å². The molecule has 2 rings (SSSR count). The molecule has 0 radical (unpaired) electrons. The van der Waals surface area contributed by atoms with Crippen LogP contribution in [0.2, 0.25) is 0 Å². The molecule has 0 aliphatic carbocycles. The van der Waals surface area contributed by atoms with Crippen molar-refractivity contribution >= 4 is 15.8 Å². The Balaban J connectivity index is 2.02. The van der Waals surface area contributed by atoms with Gasteiger partial charge in [-0.3, -0.25) is 4.99 Å². The Hall–Kier alpha value is -2.35. The van der Waals surface area contributed by atoms with Crippen LogP contribution in [-0.4, -0.2) is 60.9 Å². The highest BCUT2D eigenvalue weighted by molar-refractivity contribution is 7.92. The first-order chi connectivity index (χ1) is 12.1. The van der Waals surface area contributed by atoms with E-state index in [1.807, 2.05) is 48.5 Å². The Kier molecular flexibility index (Phi) is 6.07. The van der Waals surface area contributed by atoms with Crippen LogP contribution >= 0.6 is 0 Å². The van der Waals surface area contributed by atoms with E-state index in [9.17, 15) is 8.42 Å². The zero-order valence-corrected chi connectivity index (χ0v) is 16.8. The Labute approximate surface area is 155 Å². The van der Waals surface area contributed by atoms with Crippen LogP contribution in [0.3, 0.4) is 0 Å². The number of benzene rings is 1. The zero-order chi connectivity index (χ0) is 19.4. The minimum Gasteiger partial charge on any atom is -0.355 e. The highest BCUT2D eigenvalue weighted by Crippen LogP contribution is 2.17. The quantitative estimate of drug-likeness (QED) is 0.593. The smallest absolute Gasteiger partial charge is 0.193 e. The van der Waals surface area contributed by atoms with E-state index in [-0.39, 0.29) is 6.54 Å². The van der Waals surface area contributed by atoms with Gasteiger partial charge in [0.05, 0.1) is 23.2 Å². The van der Waals surface area contributed by atoms with Gasteiger partial charge in [-0.2, -0.15) is 0 Å². The molecular weight excluding hydrogens is 350 g/mol.